The van der Waals surface area contributed by atoms with Gasteiger partial charge in [-0.25, -0.2) is 0 Å². The molecule has 1 aliphatic carbocycles. The first-order valence-corrected chi connectivity index (χ1v) is 7.54. The number of nitrogens with zero attached hydrogens (tertiary/aromatic N) is 2. The number of carbonyl (C=O) groups excluding carboxylic acids is 1. The summed E-state index contributed by atoms with van der Waals surface area (Å²) in [5.41, 5.74) is 0.553. The van der Waals surface area contributed by atoms with Crippen molar-refractivity contribution < 1.29 is 4.79 Å². The van der Waals surface area contributed by atoms with Gasteiger partial charge in [-0.15, -0.1) is 0 Å². The molecule has 112 valence electrons. The lowest BCUT2D eigenvalue weighted by Crippen LogP contribution is -2.48. The van der Waals surface area contributed by atoms with Crippen LogP contribution in [-0.2, 0) is 4.79 Å². The van der Waals surface area contributed by atoms with Crippen LogP contribution in [0.25, 0.3) is 0 Å². The minimum absolute atomic E-state index is 0.0660. The number of nitriles is 1. The van der Waals surface area contributed by atoms with Crippen LogP contribution in [0, 0.1) is 11.3 Å². The summed E-state index contributed by atoms with van der Waals surface area (Å²) in [6.45, 7) is 2.39. The summed E-state index contributed by atoms with van der Waals surface area (Å²) in [7, 11) is 1.94. The zero-order valence-electron chi connectivity index (χ0n) is 12.8. The summed E-state index contributed by atoms with van der Waals surface area (Å²) < 4.78 is 0. The first-order valence-electron chi connectivity index (χ1n) is 7.54. The first kappa shape index (κ1) is 15.5. The molecule has 4 nitrogen and oxygen atoms in total. The molecule has 1 unspecified atom stereocenters. The standard InChI is InChI=1S/C17H23N3O/c1-14(15-8-4-3-5-9-15)20(2)12-16(21)19-17(13-18)10-6-7-11-17/h3-5,8-9,14H,6-7,10-12H2,1-2H3,(H,19,21). The van der Waals surface area contributed by atoms with Gasteiger partial charge >= 0.3 is 0 Å². The minimum Gasteiger partial charge on any atom is -0.337 e. The molecule has 0 saturated heterocycles. The van der Waals surface area contributed by atoms with Crippen LogP contribution in [0.1, 0.15) is 44.2 Å². The molecule has 0 aromatic heterocycles. The summed E-state index contributed by atoms with van der Waals surface area (Å²) in [5, 5.41) is 12.2. The Morgan fingerprint density at radius 1 is 1.38 bits per heavy atom. The third kappa shape index (κ3) is 3.83. The lowest BCUT2D eigenvalue weighted by molar-refractivity contribution is -0.123. The predicted molar refractivity (Wildman–Crippen MR) is 82.4 cm³/mol. The molecule has 1 aromatic carbocycles. The van der Waals surface area contributed by atoms with Gasteiger partial charge in [-0.3, -0.25) is 9.69 Å². The van der Waals surface area contributed by atoms with E-state index in [0.29, 0.717) is 6.54 Å². The van der Waals surface area contributed by atoms with E-state index in [9.17, 15) is 10.1 Å². The van der Waals surface area contributed by atoms with E-state index >= 15 is 0 Å². The van der Waals surface area contributed by atoms with Gasteiger partial charge in [-0.1, -0.05) is 30.3 Å². The van der Waals surface area contributed by atoms with E-state index in [4.69, 9.17) is 0 Å². The Morgan fingerprint density at radius 3 is 2.57 bits per heavy atom. The van der Waals surface area contributed by atoms with E-state index in [1.807, 2.05) is 30.1 Å². The first-order chi connectivity index (χ1) is 10.1. The number of carbonyl (C=O) groups is 1. The summed E-state index contributed by atoms with van der Waals surface area (Å²) in [4.78, 5) is 14.2. The Kier molecular flexibility index (Phi) is 4.98. The molecule has 0 bridgehead atoms. The van der Waals surface area contributed by atoms with Crippen LogP contribution in [0.2, 0.25) is 0 Å². The van der Waals surface area contributed by atoms with Crippen molar-refractivity contribution >= 4 is 5.91 Å². The van der Waals surface area contributed by atoms with Crippen LogP contribution in [0.3, 0.4) is 0 Å². The quantitative estimate of drug-likeness (QED) is 0.905. The maximum atomic E-state index is 12.2. The number of rotatable bonds is 5. The van der Waals surface area contributed by atoms with E-state index in [-0.39, 0.29) is 11.9 Å². The maximum absolute atomic E-state index is 12.2. The summed E-state index contributed by atoms with van der Waals surface area (Å²) in [6.07, 6.45) is 3.58. The van der Waals surface area contributed by atoms with Gasteiger partial charge < -0.3 is 5.32 Å². The van der Waals surface area contributed by atoms with Crippen LogP contribution >= 0.6 is 0 Å². The van der Waals surface area contributed by atoms with E-state index in [2.05, 4.69) is 30.4 Å². The third-order valence-corrected chi connectivity index (χ3v) is 4.39. The van der Waals surface area contributed by atoms with Gasteiger partial charge in [-0.2, -0.15) is 5.26 Å². The predicted octanol–water partition coefficient (Wildman–Crippen LogP) is 2.63. The van der Waals surface area contributed by atoms with E-state index in [0.717, 1.165) is 25.7 Å². The molecule has 1 amide bonds. The van der Waals surface area contributed by atoms with Gasteiger partial charge in [0.25, 0.3) is 0 Å². The number of likely N-dealkylation sites (N-methyl/N-ethyl adjacent to an activating group) is 1. The number of amides is 1. The van der Waals surface area contributed by atoms with Gasteiger partial charge in [-0.05, 0) is 45.2 Å². The van der Waals surface area contributed by atoms with Crippen molar-refractivity contribution in [2.45, 2.75) is 44.2 Å². The average molecular weight is 285 g/mol. The normalized spacial score (nSPS) is 18.2. The molecule has 21 heavy (non-hydrogen) atoms. The molecule has 0 radical (unpaired) electrons. The fourth-order valence-electron chi connectivity index (χ4n) is 2.90. The van der Waals surface area contributed by atoms with E-state index < -0.39 is 5.54 Å². The Balaban J connectivity index is 1.92. The lowest BCUT2D eigenvalue weighted by atomic mass is 10.00. The van der Waals surface area contributed by atoms with Crippen molar-refractivity contribution in [3.05, 3.63) is 35.9 Å². The molecule has 1 saturated carbocycles. The molecule has 2 rings (SSSR count). The summed E-state index contributed by atoms with van der Waals surface area (Å²) >= 11 is 0. The molecule has 0 heterocycles. The van der Waals surface area contributed by atoms with Gasteiger partial charge in [0.2, 0.25) is 5.91 Å². The molecule has 1 N–H and O–H groups in total. The van der Waals surface area contributed by atoms with Gasteiger partial charge in [0.1, 0.15) is 5.54 Å². The number of hydrogen-bond donors (Lipinski definition) is 1. The van der Waals surface area contributed by atoms with Gasteiger partial charge in [0, 0.05) is 6.04 Å². The SMILES string of the molecule is CC(c1ccccc1)N(C)CC(=O)NC1(C#N)CCCC1. The fraction of sp³-hybridized carbons (Fsp3) is 0.529. The molecule has 1 atom stereocenters. The highest BCUT2D eigenvalue weighted by molar-refractivity contribution is 5.79. The second kappa shape index (κ2) is 6.73. The highest BCUT2D eigenvalue weighted by Gasteiger charge is 2.35. The average Bonchev–Trinajstić information content (AvgIpc) is 2.96. The fourth-order valence-corrected chi connectivity index (χ4v) is 2.90. The van der Waals surface area contributed by atoms with Gasteiger partial charge in [0.15, 0.2) is 0 Å². The van der Waals surface area contributed by atoms with Crippen molar-refractivity contribution in [2.24, 2.45) is 0 Å². The van der Waals surface area contributed by atoms with Crippen LogP contribution in [-0.4, -0.2) is 29.9 Å². The highest BCUT2D eigenvalue weighted by Crippen LogP contribution is 2.28. The summed E-state index contributed by atoms with van der Waals surface area (Å²) in [6, 6.07) is 12.6. The number of nitrogens with one attached hydrogen (secondary N) is 1. The van der Waals surface area contributed by atoms with Gasteiger partial charge in [0.05, 0.1) is 12.6 Å². The van der Waals surface area contributed by atoms with Crippen LogP contribution in [0.15, 0.2) is 30.3 Å². The molecule has 1 aromatic rings. The van der Waals surface area contributed by atoms with Crippen LogP contribution in [0.4, 0.5) is 0 Å². The third-order valence-electron chi connectivity index (χ3n) is 4.39. The number of hydrogen-bond acceptors (Lipinski definition) is 3. The van der Waals surface area contributed by atoms with Crippen molar-refractivity contribution in [2.75, 3.05) is 13.6 Å². The highest BCUT2D eigenvalue weighted by atomic mass is 16.2. The Bertz CT molecular complexity index is 515. The van der Waals surface area contributed by atoms with Crippen LogP contribution in [0.5, 0.6) is 0 Å². The second-order valence-electron chi connectivity index (χ2n) is 5.95. The zero-order chi connectivity index (χ0) is 15.3. The molecule has 0 spiro atoms. The smallest absolute Gasteiger partial charge is 0.235 e. The Hall–Kier alpha value is -1.86. The van der Waals surface area contributed by atoms with Crippen molar-refractivity contribution in [1.82, 2.24) is 10.2 Å². The molecule has 1 aliphatic rings. The molecular formula is C17H23N3O. The largest absolute Gasteiger partial charge is 0.337 e. The monoisotopic (exact) mass is 285 g/mol. The molecule has 0 aliphatic heterocycles. The Labute approximate surface area is 126 Å². The molecule has 4 heteroatoms. The number of benzene rings is 1. The second-order valence-corrected chi connectivity index (χ2v) is 5.95. The molecule has 1 fully saturated rings. The topological polar surface area (TPSA) is 56.1 Å². The molecular weight excluding hydrogens is 262 g/mol. The van der Waals surface area contributed by atoms with Crippen molar-refractivity contribution in [3.63, 3.8) is 0 Å². The summed E-state index contributed by atoms with van der Waals surface area (Å²) in [5.74, 6) is -0.0660. The van der Waals surface area contributed by atoms with E-state index in [1.165, 1.54) is 5.56 Å². The van der Waals surface area contributed by atoms with E-state index in [1.54, 1.807) is 0 Å². The van der Waals surface area contributed by atoms with Crippen molar-refractivity contribution in [3.8, 4) is 6.07 Å². The lowest BCUT2D eigenvalue weighted by Gasteiger charge is -2.27. The zero-order valence-corrected chi connectivity index (χ0v) is 12.8. The maximum Gasteiger partial charge on any atom is 0.235 e. The van der Waals surface area contributed by atoms with Crippen LogP contribution < -0.4 is 5.32 Å². The Morgan fingerprint density at radius 2 is 2.00 bits per heavy atom. The minimum atomic E-state index is -0.631. The van der Waals surface area contributed by atoms with Crippen molar-refractivity contribution in [1.29, 1.82) is 5.26 Å².